The standard InChI is InChI=1S/C9H21O4Si.3C3H7O.Al/c1-7(2)11-14(10,12-8(3)4)13-9(5)6;3*1-3(2)4;/h7-9H,1-6H3;3*3H,1-2H3;/q4*-1;+3. The summed E-state index contributed by atoms with van der Waals surface area (Å²) in [6.07, 6.45) is -0.961. The first-order chi connectivity index (χ1) is 12.2. The van der Waals surface area contributed by atoms with E-state index in [9.17, 15) is 0 Å². The van der Waals surface area contributed by atoms with Crippen LogP contribution in [0.25, 0.3) is 0 Å². The highest BCUT2D eigenvalue weighted by atomic mass is 28.4. The molecule has 0 saturated carbocycles. The van der Waals surface area contributed by atoms with Crippen molar-refractivity contribution in [3.05, 3.63) is 0 Å². The molecule has 0 bridgehead atoms. The van der Waals surface area contributed by atoms with Crippen LogP contribution in [-0.4, -0.2) is 60.1 Å². The lowest BCUT2D eigenvalue weighted by atomic mass is 10.5. The average Bonchev–Trinajstić information content (AvgIpc) is 2.30. The Labute approximate surface area is 171 Å². The molecule has 0 aliphatic carbocycles. The van der Waals surface area contributed by atoms with E-state index in [-0.39, 0.29) is 36.6 Å². The van der Waals surface area contributed by atoms with E-state index in [1.165, 1.54) is 0 Å². The second-order valence-corrected chi connectivity index (χ2v) is 12.9. The first-order valence-electron chi connectivity index (χ1n) is 10.1. The molecule has 0 aromatic carbocycles. The highest BCUT2D eigenvalue weighted by Crippen LogP contribution is 2.28. The van der Waals surface area contributed by atoms with Crippen molar-refractivity contribution < 1.29 is 28.1 Å². The molecule has 9 heteroatoms. The van der Waals surface area contributed by atoms with Crippen molar-refractivity contribution in [3.63, 3.8) is 0 Å². The van der Waals surface area contributed by atoms with Crippen molar-refractivity contribution in [2.45, 2.75) is 120 Å². The molecule has 0 heterocycles. The molecule has 0 fully saturated rings. The van der Waals surface area contributed by atoms with Crippen LogP contribution in [0.5, 0.6) is 0 Å². The quantitative estimate of drug-likeness (QED) is 0.382. The van der Waals surface area contributed by atoms with Crippen molar-refractivity contribution >= 4 is 23.5 Å². The molecule has 0 aromatic heterocycles. The van der Waals surface area contributed by atoms with E-state index in [2.05, 4.69) is 0 Å². The van der Waals surface area contributed by atoms with Crippen molar-refractivity contribution in [2.24, 2.45) is 0 Å². The summed E-state index contributed by atoms with van der Waals surface area (Å²) in [5.41, 5.74) is 0. The third kappa shape index (κ3) is 11.9. The van der Waals surface area contributed by atoms with Crippen LogP contribution < -0.4 is 0 Å². The van der Waals surface area contributed by atoms with Gasteiger partial charge in [-0.15, -0.1) is 0 Å². The van der Waals surface area contributed by atoms with Crippen LogP contribution in [0, 0.1) is 0 Å². The van der Waals surface area contributed by atoms with Crippen molar-refractivity contribution in [1.82, 2.24) is 0 Å². The third-order valence-corrected chi connectivity index (χ3v) is 9.97. The van der Waals surface area contributed by atoms with Gasteiger partial charge in [0, 0.05) is 18.3 Å². The largest absolute Gasteiger partial charge is 0.870 e. The van der Waals surface area contributed by atoms with Gasteiger partial charge in [-0.25, -0.2) is 0 Å². The minimum absolute atomic E-state index is 0.156. The van der Waals surface area contributed by atoms with Crippen molar-refractivity contribution in [1.29, 1.82) is 0 Å². The number of rotatable bonds is 14. The van der Waals surface area contributed by atoms with Gasteiger partial charge in [0.05, 0.1) is 0 Å². The van der Waals surface area contributed by atoms with Gasteiger partial charge < -0.3 is 28.1 Å². The first kappa shape index (κ1) is 27.5. The van der Waals surface area contributed by atoms with Gasteiger partial charge in [0.2, 0.25) is 0 Å². The zero-order valence-electron chi connectivity index (χ0n) is 19.4. The summed E-state index contributed by atoms with van der Waals surface area (Å²) in [6, 6.07) is 0. The van der Waals surface area contributed by atoms with Crippen molar-refractivity contribution in [3.8, 4) is 0 Å². The molecule has 164 valence electrons. The van der Waals surface area contributed by atoms with E-state index >= 15 is 0 Å². The zero-order chi connectivity index (χ0) is 21.4. The maximum atomic E-state index is 6.46. The van der Waals surface area contributed by atoms with Crippen LogP contribution in [0.2, 0.25) is 0 Å². The first-order valence-corrected chi connectivity index (χ1v) is 13.6. The van der Waals surface area contributed by atoms with Gasteiger partial charge >= 0.3 is 23.5 Å². The Bertz CT molecular complexity index is 314. The number of hydrogen-bond donors (Lipinski definition) is 0. The van der Waals surface area contributed by atoms with Crippen LogP contribution in [0.3, 0.4) is 0 Å². The third-order valence-electron chi connectivity index (χ3n) is 2.75. The maximum absolute atomic E-state index is 6.46. The molecule has 0 saturated heterocycles. The molecule has 0 amide bonds. The molecule has 0 atom stereocenters. The molecule has 0 radical (unpaired) electrons. The van der Waals surface area contributed by atoms with E-state index < -0.39 is 23.5 Å². The van der Waals surface area contributed by atoms with Gasteiger partial charge in [-0.05, 0) is 101 Å². The molecule has 27 heavy (non-hydrogen) atoms. The SMILES string of the molecule is CC(C)[O][Al-]([O]C(C)C)([O]C(C)C)[O][Si](OC(C)C)(OC(C)C)OC(C)C. The molecular weight excluding hydrogens is 383 g/mol. The van der Waals surface area contributed by atoms with Crippen LogP contribution in [0.1, 0.15) is 83.1 Å². The fourth-order valence-electron chi connectivity index (χ4n) is 2.39. The molecule has 7 nitrogen and oxygen atoms in total. The molecule has 0 rings (SSSR count). The fourth-order valence-corrected chi connectivity index (χ4v) is 9.23. The lowest BCUT2D eigenvalue weighted by Crippen LogP contribution is -2.65. The summed E-state index contributed by atoms with van der Waals surface area (Å²) in [7, 11) is -3.62. The summed E-state index contributed by atoms with van der Waals surface area (Å²) < 4.78 is 43.3. The highest BCUT2D eigenvalue weighted by Gasteiger charge is 2.60. The Morgan fingerprint density at radius 3 is 0.889 bits per heavy atom. The normalized spacial score (nSPS) is 14.0. The summed E-state index contributed by atoms with van der Waals surface area (Å²) in [6.45, 7) is 23.0. The second-order valence-electron chi connectivity index (χ2n) is 8.25. The Morgan fingerprint density at radius 1 is 0.444 bits per heavy atom. The maximum Gasteiger partial charge on any atom is 0.870 e. The van der Waals surface area contributed by atoms with Gasteiger partial charge in [-0.1, -0.05) is 0 Å². The molecule has 0 N–H and O–H groups in total. The molecule has 0 aliphatic heterocycles. The summed E-state index contributed by atoms with van der Waals surface area (Å²) in [4.78, 5) is 0. The van der Waals surface area contributed by atoms with Gasteiger partial charge in [-0.2, -0.15) is 0 Å². The summed E-state index contributed by atoms with van der Waals surface area (Å²) in [5, 5.41) is 0. The Kier molecular flexibility index (Phi) is 12.4. The average molecular weight is 426 g/mol. The van der Waals surface area contributed by atoms with E-state index in [1.54, 1.807) is 0 Å². The smallest absolute Gasteiger partial charge is 0.585 e. The molecule has 0 spiro atoms. The predicted octanol–water partition coefficient (Wildman–Crippen LogP) is 4.42. The van der Waals surface area contributed by atoms with Crippen LogP contribution in [0.15, 0.2) is 0 Å². The van der Waals surface area contributed by atoms with E-state index in [0.29, 0.717) is 0 Å². The molecule has 0 aliphatic rings. The summed E-state index contributed by atoms with van der Waals surface area (Å²) in [5.74, 6) is 0. The highest BCUT2D eigenvalue weighted by molar-refractivity contribution is 6.68. The van der Waals surface area contributed by atoms with Gasteiger partial charge in [0.15, 0.2) is 0 Å². The Morgan fingerprint density at radius 2 is 0.704 bits per heavy atom. The minimum Gasteiger partial charge on any atom is -0.585 e. The summed E-state index contributed by atoms with van der Waals surface area (Å²) >= 11 is -4.00. The van der Waals surface area contributed by atoms with Crippen LogP contribution in [-0.2, 0) is 28.1 Å². The van der Waals surface area contributed by atoms with Gasteiger partial charge in [0.25, 0.3) is 0 Å². The van der Waals surface area contributed by atoms with Crippen LogP contribution >= 0.6 is 0 Å². The molecule has 0 unspecified atom stereocenters. The number of hydrogen-bond acceptors (Lipinski definition) is 7. The van der Waals surface area contributed by atoms with Gasteiger partial charge in [-0.3, -0.25) is 0 Å². The van der Waals surface area contributed by atoms with E-state index in [1.807, 2.05) is 83.1 Å². The Hall–Kier alpha value is 0.469. The fraction of sp³-hybridized carbons (Fsp3) is 1.00. The van der Waals surface area contributed by atoms with Crippen LogP contribution in [0.4, 0.5) is 0 Å². The molecular formula is C18H42AlO7Si-. The minimum atomic E-state index is -4.00. The second kappa shape index (κ2) is 12.2. The lowest BCUT2D eigenvalue weighted by Gasteiger charge is -2.47. The van der Waals surface area contributed by atoms with Gasteiger partial charge in [0.1, 0.15) is 0 Å². The van der Waals surface area contributed by atoms with E-state index in [4.69, 9.17) is 28.1 Å². The Balaban J connectivity index is 6.14. The zero-order valence-corrected chi connectivity index (χ0v) is 21.6. The van der Waals surface area contributed by atoms with Crippen molar-refractivity contribution in [2.75, 3.05) is 0 Å². The predicted molar refractivity (Wildman–Crippen MR) is 110 cm³/mol. The lowest BCUT2D eigenvalue weighted by molar-refractivity contribution is -0.108. The monoisotopic (exact) mass is 425 g/mol. The topological polar surface area (TPSA) is 64.6 Å². The van der Waals surface area contributed by atoms with E-state index in [0.717, 1.165) is 0 Å². The molecule has 0 aromatic rings.